The van der Waals surface area contributed by atoms with Gasteiger partial charge >= 0.3 is 0 Å². The van der Waals surface area contributed by atoms with Gasteiger partial charge in [-0.3, -0.25) is 4.79 Å². The van der Waals surface area contributed by atoms with Crippen LogP contribution in [-0.4, -0.2) is 44.9 Å². The predicted molar refractivity (Wildman–Crippen MR) is 122 cm³/mol. The van der Waals surface area contributed by atoms with Gasteiger partial charge in [-0.15, -0.1) is 0 Å². The summed E-state index contributed by atoms with van der Waals surface area (Å²) in [5.41, 5.74) is 3.28. The first-order valence-electron chi connectivity index (χ1n) is 12.0. The molecule has 2 fully saturated rings. The lowest BCUT2D eigenvalue weighted by Crippen LogP contribution is -2.62. The summed E-state index contributed by atoms with van der Waals surface area (Å²) in [4.78, 5) is 16.7. The molecule has 170 valence electrons. The minimum Gasteiger partial charge on any atom is -0.392 e. The second-order valence-corrected chi connectivity index (χ2v) is 11.6. The fourth-order valence-electron chi connectivity index (χ4n) is 7.87. The fraction of sp³-hybridized carbons (Fsp3) is 0.593. The Morgan fingerprint density at radius 3 is 2.72 bits per heavy atom. The summed E-state index contributed by atoms with van der Waals surface area (Å²) >= 11 is 0. The summed E-state index contributed by atoms with van der Waals surface area (Å²) in [6.45, 7) is 7.94. The first-order chi connectivity index (χ1) is 15.1. The number of hydrogen-bond donors (Lipinski definition) is 3. The largest absolute Gasteiger partial charge is 0.392 e. The summed E-state index contributed by atoms with van der Waals surface area (Å²) in [6.07, 6.45) is 3.53. The maximum Gasteiger partial charge on any atom is 0.187 e. The molecule has 4 aliphatic rings. The van der Waals surface area contributed by atoms with E-state index in [1.807, 2.05) is 0 Å². The number of aliphatic hydroxyl groups is 2. The third-order valence-corrected chi connectivity index (χ3v) is 9.55. The van der Waals surface area contributed by atoms with Gasteiger partial charge in [-0.25, -0.2) is 0 Å². The van der Waals surface area contributed by atoms with E-state index in [0.717, 1.165) is 31.3 Å². The first kappa shape index (κ1) is 20.6. The number of rotatable bonds is 1. The molecule has 6 rings (SSSR count). The van der Waals surface area contributed by atoms with E-state index in [2.05, 4.69) is 43.1 Å². The number of nitrogens with one attached hydrogen (secondary N) is 1. The Bertz CT molecular complexity index is 1160. The van der Waals surface area contributed by atoms with Crippen molar-refractivity contribution in [2.45, 2.75) is 82.7 Å². The van der Waals surface area contributed by atoms with Crippen LogP contribution in [0.15, 0.2) is 35.9 Å². The van der Waals surface area contributed by atoms with Crippen LogP contribution >= 0.6 is 0 Å². The van der Waals surface area contributed by atoms with Gasteiger partial charge in [0.25, 0.3) is 0 Å². The number of aliphatic hydroxyl groups excluding tert-OH is 1. The maximum atomic E-state index is 13.0. The lowest BCUT2D eigenvalue weighted by molar-refractivity contribution is -0.168. The minimum atomic E-state index is -1.23. The van der Waals surface area contributed by atoms with E-state index in [-0.39, 0.29) is 28.6 Å². The molecule has 7 atom stereocenters. The molecule has 3 N–H and O–H groups in total. The number of hydrogen-bond acceptors (Lipinski definition) is 4. The Balaban J connectivity index is 1.48. The molecule has 0 saturated heterocycles. The number of fused-ring (bicyclic) bond motifs is 9. The van der Waals surface area contributed by atoms with E-state index in [9.17, 15) is 15.0 Å². The van der Waals surface area contributed by atoms with Gasteiger partial charge in [0.2, 0.25) is 0 Å². The molecule has 3 unspecified atom stereocenters. The van der Waals surface area contributed by atoms with Gasteiger partial charge < -0.3 is 19.9 Å². The SMILES string of the molecule is CC(C)(O)[C@H]1OC2CC[C@@]3(C)C(C2=CC1=O)C(O)C[C@H]1Cc2c([nH]c4ccccc24)[C@@]13C. The summed E-state index contributed by atoms with van der Waals surface area (Å²) < 4.78 is 6.18. The molecule has 1 aliphatic heterocycles. The number of ketones is 1. The van der Waals surface area contributed by atoms with Crippen LogP contribution in [0, 0.1) is 17.3 Å². The summed E-state index contributed by atoms with van der Waals surface area (Å²) in [5.74, 6) is 0.0443. The summed E-state index contributed by atoms with van der Waals surface area (Å²) in [6, 6.07) is 8.52. The van der Waals surface area contributed by atoms with Gasteiger partial charge in [0, 0.05) is 27.9 Å². The third kappa shape index (κ3) is 2.42. The Morgan fingerprint density at radius 2 is 1.97 bits per heavy atom. The van der Waals surface area contributed by atoms with Crippen molar-refractivity contribution in [2.75, 3.05) is 0 Å². The number of aromatic amines is 1. The van der Waals surface area contributed by atoms with Crippen molar-refractivity contribution >= 4 is 16.7 Å². The van der Waals surface area contributed by atoms with Crippen molar-refractivity contribution in [1.29, 1.82) is 0 Å². The molecule has 32 heavy (non-hydrogen) atoms. The number of aromatic nitrogens is 1. The highest BCUT2D eigenvalue weighted by Crippen LogP contribution is 2.67. The highest BCUT2D eigenvalue weighted by atomic mass is 16.5. The minimum absolute atomic E-state index is 0.118. The van der Waals surface area contributed by atoms with E-state index < -0.39 is 17.8 Å². The van der Waals surface area contributed by atoms with Crippen LogP contribution in [0.4, 0.5) is 0 Å². The standard InChI is InChI=1S/C27H33NO4/c1-25(2,31)24-20(30)13-17-21(32-24)9-10-26(3)22(17)19(29)12-14-11-16-15-7-5-6-8-18(15)28-23(16)27(14,26)4/h5-8,13-14,19,21-22,24,28-29,31H,9-12H2,1-4H3/t14-,19?,21?,22?,24+,26+,27-/m1/s1. The number of para-hydroxylation sites is 1. The van der Waals surface area contributed by atoms with Gasteiger partial charge in [-0.05, 0) is 74.1 Å². The van der Waals surface area contributed by atoms with E-state index >= 15 is 0 Å². The normalized spacial score (nSPS) is 41.0. The molecular weight excluding hydrogens is 402 g/mol. The number of carbonyl (C=O) groups excluding carboxylic acids is 1. The van der Waals surface area contributed by atoms with Gasteiger partial charge in [-0.1, -0.05) is 32.0 Å². The zero-order chi connectivity index (χ0) is 22.6. The van der Waals surface area contributed by atoms with Crippen molar-refractivity contribution < 1.29 is 19.7 Å². The van der Waals surface area contributed by atoms with Crippen LogP contribution < -0.4 is 0 Å². The van der Waals surface area contributed by atoms with E-state index in [1.54, 1.807) is 19.9 Å². The van der Waals surface area contributed by atoms with Gasteiger partial charge in [0.15, 0.2) is 5.78 Å². The quantitative estimate of drug-likeness (QED) is 0.636. The molecule has 3 aliphatic carbocycles. The summed E-state index contributed by atoms with van der Waals surface area (Å²) in [5, 5.41) is 23.2. The molecule has 0 radical (unpaired) electrons. The van der Waals surface area contributed by atoms with Crippen molar-refractivity contribution in [2.24, 2.45) is 17.3 Å². The topological polar surface area (TPSA) is 82.6 Å². The average Bonchev–Trinajstić information content (AvgIpc) is 3.22. The fourth-order valence-corrected chi connectivity index (χ4v) is 7.87. The lowest BCUT2D eigenvalue weighted by atomic mass is 9.44. The molecule has 5 nitrogen and oxygen atoms in total. The molecular formula is C27H33NO4. The van der Waals surface area contributed by atoms with Crippen LogP contribution in [-0.2, 0) is 21.4 Å². The van der Waals surface area contributed by atoms with E-state index in [1.165, 1.54) is 22.2 Å². The molecule has 2 saturated carbocycles. The molecule has 2 aromatic rings. The maximum absolute atomic E-state index is 13.0. The van der Waals surface area contributed by atoms with Crippen LogP contribution in [0.5, 0.6) is 0 Å². The van der Waals surface area contributed by atoms with Gasteiger partial charge in [0.1, 0.15) is 6.10 Å². The van der Waals surface area contributed by atoms with Crippen molar-refractivity contribution in [1.82, 2.24) is 4.98 Å². The Hall–Kier alpha value is -1.95. The molecule has 1 aromatic carbocycles. The smallest absolute Gasteiger partial charge is 0.187 e. The monoisotopic (exact) mass is 435 g/mol. The van der Waals surface area contributed by atoms with Crippen LogP contribution in [0.2, 0.25) is 0 Å². The first-order valence-corrected chi connectivity index (χ1v) is 12.0. The lowest BCUT2D eigenvalue weighted by Gasteiger charge is -2.62. The van der Waals surface area contributed by atoms with Gasteiger partial charge in [-0.2, -0.15) is 0 Å². The van der Waals surface area contributed by atoms with E-state index in [0.29, 0.717) is 5.92 Å². The second kappa shape index (κ2) is 6.34. The molecule has 5 heteroatoms. The van der Waals surface area contributed by atoms with Crippen molar-refractivity contribution in [3.63, 3.8) is 0 Å². The van der Waals surface area contributed by atoms with Crippen molar-refractivity contribution in [3.8, 4) is 0 Å². The molecule has 0 spiro atoms. The third-order valence-electron chi connectivity index (χ3n) is 9.55. The number of carbonyl (C=O) groups is 1. The molecule has 2 heterocycles. The zero-order valence-electron chi connectivity index (χ0n) is 19.3. The number of H-pyrrole nitrogens is 1. The zero-order valence-corrected chi connectivity index (χ0v) is 19.3. The second-order valence-electron chi connectivity index (χ2n) is 11.6. The Labute approximate surface area is 188 Å². The Kier molecular flexibility index (Phi) is 4.09. The highest BCUT2D eigenvalue weighted by molar-refractivity contribution is 5.96. The molecule has 1 aromatic heterocycles. The molecule has 0 amide bonds. The van der Waals surface area contributed by atoms with Gasteiger partial charge in [0.05, 0.1) is 17.8 Å². The van der Waals surface area contributed by atoms with Crippen molar-refractivity contribution in [3.05, 3.63) is 47.2 Å². The van der Waals surface area contributed by atoms with Crippen LogP contribution in [0.25, 0.3) is 10.9 Å². The Morgan fingerprint density at radius 1 is 1.22 bits per heavy atom. The van der Waals surface area contributed by atoms with Crippen LogP contribution in [0.3, 0.4) is 0 Å². The number of benzene rings is 1. The molecule has 0 bridgehead atoms. The summed E-state index contributed by atoms with van der Waals surface area (Å²) in [7, 11) is 0. The number of ether oxygens (including phenoxy) is 1. The van der Waals surface area contributed by atoms with E-state index in [4.69, 9.17) is 4.74 Å². The predicted octanol–water partition coefficient (Wildman–Crippen LogP) is 3.81. The highest BCUT2D eigenvalue weighted by Gasteiger charge is 2.66. The average molecular weight is 436 g/mol. The van der Waals surface area contributed by atoms with Crippen LogP contribution in [0.1, 0.15) is 58.2 Å².